The lowest BCUT2D eigenvalue weighted by molar-refractivity contribution is 0.0666. The van der Waals surface area contributed by atoms with Crippen LogP contribution in [0.4, 0.5) is 0 Å². The third-order valence-corrected chi connectivity index (χ3v) is 2.20. The maximum atomic E-state index is 5.56. The van der Waals surface area contributed by atoms with Crippen LogP contribution in [0.3, 0.4) is 0 Å². The Morgan fingerprint density at radius 2 is 2.27 bits per heavy atom. The van der Waals surface area contributed by atoms with Gasteiger partial charge in [-0.25, -0.2) is 0 Å². The molecule has 0 saturated carbocycles. The molecular weight excluding hydrogens is 212 g/mol. The van der Waals surface area contributed by atoms with Crippen LogP contribution < -0.4 is 5.73 Å². The first kappa shape index (κ1) is 12.2. The van der Waals surface area contributed by atoms with E-state index in [1.165, 1.54) is 0 Å². The van der Waals surface area contributed by atoms with E-state index in [2.05, 4.69) is 0 Å². The van der Waals surface area contributed by atoms with Gasteiger partial charge in [-0.1, -0.05) is 12.2 Å². The standard InChI is InChI=1S/C10H16N2O2S/c1-13-7-8-14-6-5-12-4-2-3-9(12)10(11)15/h2-4H,5-8H2,1H3,(H2,11,15). The monoisotopic (exact) mass is 228 g/mol. The molecule has 1 rings (SSSR count). The van der Waals surface area contributed by atoms with Gasteiger partial charge >= 0.3 is 0 Å². The van der Waals surface area contributed by atoms with Gasteiger partial charge in [0, 0.05) is 19.9 Å². The largest absolute Gasteiger partial charge is 0.388 e. The minimum Gasteiger partial charge on any atom is -0.388 e. The Balaban J connectivity index is 2.31. The van der Waals surface area contributed by atoms with Crippen molar-refractivity contribution in [3.05, 3.63) is 24.0 Å². The van der Waals surface area contributed by atoms with Crippen LogP contribution in [0.1, 0.15) is 5.69 Å². The molecule has 0 unspecified atom stereocenters. The van der Waals surface area contributed by atoms with E-state index >= 15 is 0 Å². The third kappa shape index (κ3) is 3.99. The fourth-order valence-electron chi connectivity index (χ4n) is 1.24. The van der Waals surface area contributed by atoms with E-state index in [1.54, 1.807) is 7.11 Å². The van der Waals surface area contributed by atoms with Crippen molar-refractivity contribution in [1.82, 2.24) is 4.57 Å². The van der Waals surface area contributed by atoms with Crippen molar-refractivity contribution in [2.24, 2.45) is 5.73 Å². The molecule has 15 heavy (non-hydrogen) atoms. The summed E-state index contributed by atoms with van der Waals surface area (Å²) in [5.74, 6) is 0. The lowest BCUT2D eigenvalue weighted by atomic mass is 10.4. The average Bonchev–Trinajstić information content (AvgIpc) is 2.66. The molecule has 0 saturated heterocycles. The zero-order valence-corrected chi connectivity index (χ0v) is 9.63. The molecule has 0 spiro atoms. The number of hydrogen-bond donors (Lipinski definition) is 1. The molecule has 0 aliphatic carbocycles. The number of aromatic nitrogens is 1. The van der Waals surface area contributed by atoms with Crippen molar-refractivity contribution in [2.45, 2.75) is 6.54 Å². The van der Waals surface area contributed by atoms with Gasteiger partial charge in [0.2, 0.25) is 0 Å². The van der Waals surface area contributed by atoms with E-state index in [4.69, 9.17) is 27.4 Å². The average molecular weight is 228 g/mol. The number of nitrogens with two attached hydrogens (primary N) is 1. The second kappa shape index (κ2) is 6.55. The molecular formula is C10H16N2O2S. The molecule has 84 valence electrons. The summed E-state index contributed by atoms with van der Waals surface area (Å²) in [6.07, 6.45) is 1.94. The van der Waals surface area contributed by atoms with E-state index in [0.717, 1.165) is 12.2 Å². The molecule has 0 aromatic carbocycles. The fourth-order valence-corrected chi connectivity index (χ4v) is 1.43. The maximum Gasteiger partial charge on any atom is 0.120 e. The Labute approximate surface area is 95.0 Å². The summed E-state index contributed by atoms with van der Waals surface area (Å²) in [6, 6.07) is 3.82. The van der Waals surface area contributed by atoms with Crippen molar-refractivity contribution in [1.29, 1.82) is 0 Å². The van der Waals surface area contributed by atoms with Crippen molar-refractivity contribution in [3.63, 3.8) is 0 Å². The topological polar surface area (TPSA) is 49.4 Å². The predicted molar refractivity (Wildman–Crippen MR) is 63.0 cm³/mol. The van der Waals surface area contributed by atoms with Crippen LogP contribution in [-0.4, -0.2) is 36.5 Å². The van der Waals surface area contributed by atoms with Gasteiger partial charge in [-0.15, -0.1) is 0 Å². The highest BCUT2D eigenvalue weighted by Gasteiger charge is 2.02. The zero-order valence-electron chi connectivity index (χ0n) is 8.81. The van der Waals surface area contributed by atoms with Crippen molar-refractivity contribution >= 4 is 17.2 Å². The number of hydrogen-bond acceptors (Lipinski definition) is 3. The molecule has 5 heteroatoms. The lowest BCUT2D eigenvalue weighted by Crippen LogP contribution is -2.17. The van der Waals surface area contributed by atoms with Crippen molar-refractivity contribution in [2.75, 3.05) is 26.9 Å². The minimum absolute atomic E-state index is 0.414. The Kier molecular flexibility index (Phi) is 5.31. The Bertz CT molecular complexity index is 312. The zero-order chi connectivity index (χ0) is 11.1. The van der Waals surface area contributed by atoms with E-state index in [1.807, 2.05) is 22.9 Å². The maximum absolute atomic E-state index is 5.56. The number of thiocarbonyl (C=S) groups is 1. The first-order chi connectivity index (χ1) is 7.25. The molecule has 0 radical (unpaired) electrons. The molecule has 0 fully saturated rings. The highest BCUT2D eigenvalue weighted by molar-refractivity contribution is 7.80. The summed E-state index contributed by atoms with van der Waals surface area (Å²) in [7, 11) is 1.65. The van der Waals surface area contributed by atoms with Gasteiger partial charge in [0.15, 0.2) is 0 Å². The Hall–Kier alpha value is -0.910. The number of rotatable bonds is 7. The molecule has 1 aromatic heterocycles. The fraction of sp³-hybridized carbons (Fsp3) is 0.500. The summed E-state index contributed by atoms with van der Waals surface area (Å²) in [6.45, 7) is 2.62. The first-order valence-corrected chi connectivity index (χ1v) is 5.18. The van der Waals surface area contributed by atoms with Crippen LogP contribution in [0.2, 0.25) is 0 Å². The Morgan fingerprint density at radius 1 is 1.47 bits per heavy atom. The molecule has 1 heterocycles. The number of methoxy groups -OCH3 is 1. The van der Waals surface area contributed by atoms with Crippen LogP contribution in [0.5, 0.6) is 0 Å². The predicted octanol–water partition coefficient (Wildman–Crippen LogP) is 0.785. The van der Waals surface area contributed by atoms with Gasteiger partial charge < -0.3 is 19.8 Å². The third-order valence-electron chi connectivity index (χ3n) is 1.99. The molecule has 0 amide bonds. The molecule has 0 aliphatic rings. The van der Waals surface area contributed by atoms with E-state index in [-0.39, 0.29) is 0 Å². The number of ether oxygens (including phenoxy) is 2. The smallest absolute Gasteiger partial charge is 0.120 e. The normalized spacial score (nSPS) is 10.5. The molecule has 2 N–H and O–H groups in total. The van der Waals surface area contributed by atoms with E-state index in [0.29, 0.717) is 24.8 Å². The van der Waals surface area contributed by atoms with Crippen molar-refractivity contribution < 1.29 is 9.47 Å². The quantitative estimate of drug-likeness (QED) is 0.553. The van der Waals surface area contributed by atoms with Gasteiger partial charge in [0.05, 0.1) is 25.5 Å². The van der Waals surface area contributed by atoms with Crippen LogP contribution in [0, 0.1) is 0 Å². The summed E-state index contributed by atoms with van der Waals surface area (Å²) >= 11 is 4.92. The highest BCUT2D eigenvalue weighted by atomic mass is 32.1. The van der Waals surface area contributed by atoms with E-state index < -0.39 is 0 Å². The SMILES string of the molecule is COCCOCCn1cccc1C(N)=S. The molecule has 0 atom stereocenters. The second-order valence-corrected chi connectivity index (χ2v) is 3.50. The second-order valence-electron chi connectivity index (χ2n) is 3.06. The summed E-state index contributed by atoms with van der Waals surface area (Å²) in [5, 5.41) is 0. The summed E-state index contributed by atoms with van der Waals surface area (Å²) in [5.41, 5.74) is 6.44. The lowest BCUT2D eigenvalue weighted by Gasteiger charge is -2.08. The summed E-state index contributed by atoms with van der Waals surface area (Å²) < 4.78 is 12.2. The van der Waals surface area contributed by atoms with Crippen LogP contribution in [0.25, 0.3) is 0 Å². The van der Waals surface area contributed by atoms with Crippen molar-refractivity contribution in [3.8, 4) is 0 Å². The number of nitrogens with zero attached hydrogens (tertiary/aromatic N) is 1. The van der Waals surface area contributed by atoms with Crippen LogP contribution in [0.15, 0.2) is 18.3 Å². The van der Waals surface area contributed by atoms with Gasteiger partial charge in [0.25, 0.3) is 0 Å². The highest BCUT2D eigenvalue weighted by Crippen LogP contribution is 2.01. The molecule has 4 nitrogen and oxygen atoms in total. The van der Waals surface area contributed by atoms with Gasteiger partial charge in [-0.05, 0) is 12.1 Å². The van der Waals surface area contributed by atoms with Crippen LogP contribution >= 0.6 is 12.2 Å². The summed E-state index contributed by atoms with van der Waals surface area (Å²) in [4.78, 5) is 0.414. The van der Waals surface area contributed by atoms with Gasteiger partial charge in [-0.3, -0.25) is 0 Å². The first-order valence-electron chi connectivity index (χ1n) is 4.77. The van der Waals surface area contributed by atoms with Gasteiger partial charge in [0.1, 0.15) is 4.99 Å². The van der Waals surface area contributed by atoms with E-state index in [9.17, 15) is 0 Å². The molecule has 1 aromatic rings. The molecule has 0 bridgehead atoms. The van der Waals surface area contributed by atoms with Crippen LogP contribution in [-0.2, 0) is 16.0 Å². The Morgan fingerprint density at radius 3 is 2.93 bits per heavy atom. The minimum atomic E-state index is 0.414. The molecule has 0 aliphatic heterocycles. The van der Waals surface area contributed by atoms with Gasteiger partial charge in [-0.2, -0.15) is 0 Å².